The van der Waals surface area contributed by atoms with Gasteiger partial charge in [0, 0.05) is 0 Å². The van der Waals surface area contributed by atoms with E-state index in [0.29, 0.717) is 0 Å². The Morgan fingerprint density at radius 2 is 0.341 bits per heavy atom. The molecule has 266 valence electrons. The maximum atomic E-state index is 2.36. The Bertz CT molecular complexity index is 480. The highest BCUT2D eigenvalue weighted by Crippen LogP contribution is 2.28. The minimum Gasteiger partial charge on any atom is -0.0654 e. The van der Waals surface area contributed by atoms with Gasteiger partial charge < -0.3 is 0 Å². The van der Waals surface area contributed by atoms with Crippen LogP contribution in [0.2, 0.25) is 0 Å². The van der Waals surface area contributed by atoms with E-state index in [0.717, 1.165) is 11.8 Å². The maximum absolute atomic E-state index is 2.36. The van der Waals surface area contributed by atoms with Gasteiger partial charge in [0.05, 0.1) is 0 Å². The van der Waals surface area contributed by atoms with E-state index < -0.39 is 0 Å². The van der Waals surface area contributed by atoms with Crippen molar-refractivity contribution in [1.29, 1.82) is 0 Å². The Morgan fingerprint density at radius 3 is 0.568 bits per heavy atom. The molecule has 2 atom stereocenters. The maximum Gasteiger partial charge on any atom is -0.0414 e. The number of rotatable bonds is 39. The first-order chi connectivity index (χ1) is 21.8. The summed E-state index contributed by atoms with van der Waals surface area (Å²) in [7, 11) is 0. The third-order valence-electron chi connectivity index (χ3n) is 10.8. The fourth-order valence-electron chi connectivity index (χ4n) is 7.65. The van der Waals surface area contributed by atoms with Crippen molar-refractivity contribution in [3.63, 3.8) is 0 Å². The van der Waals surface area contributed by atoms with Gasteiger partial charge in [-0.2, -0.15) is 0 Å². The predicted octanol–water partition coefficient (Wildman–Crippen LogP) is 17.1. The first kappa shape index (κ1) is 44.0. The van der Waals surface area contributed by atoms with Gasteiger partial charge in [-0.15, -0.1) is 0 Å². The van der Waals surface area contributed by atoms with Crippen molar-refractivity contribution in [2.45, 2.75) is 272 Å². The molecule has 0 aromatic carbocycles. The lowest BCUT2D eigenvalue weighted by Crippen LogP contribution is -2.05. The molecule has 0 heteroatoms. The van der Waals surface area contributed by atoms with Crippen molar-refractivity contribution in [3.8, 4) is 0 Å². The van der Waals surface area contributed by atoms with Crippen molar-refractivity contribution < 1.29 is 0 Å². The zero-order valence-corrected chi connectivity index (χ0v) is 32.0. The van der Waals surface area contributed by atoms with Gasteiger partial charge in [0.2, 0.25) is 0 Å². The molecule has 2 unspecified atom stereocenters. The van der Waals surface area contributed by atoms with Gasteiger partial charge in [0.1, 0.15) is 0 Å². The van der Waals surface area contributed by atoms with Gasteiger partial charge in [-0.1, -0.05) is 272 Å². The Morgan fingerprint density at radius 1 is 0.182 bits per heavy atom. The summed E-state index contributed by atoms with van der Waals surface area (Å²) in [6, 6.07) is 0. The molecule has 0 aliphatic carbocycles. The quantitative estimate of drug-likeness (QED) is 0.0601. The summed E-state index contributed by atoms with van der Waals surface area (Å²) >= 11 is 0. The normalized spacial score (nSPS) is 13.1. The second-order valence-electron chi connectivity index (χ2n) is 15.4. The van der Waals surface area contributed by atoms with Crippen LogP contribution in [0.15, 0.2) is 0 Å². The molecule has 0 radical (unpaired) electrons. The monoisotopic (exact) mass is 619 g/mol. The molecular weight excluding hydrogens is 528 g/mol. The minimum atomic E-state index is 1.03. The van der Waals surface area contributed by atoms with Gasteiger partial charge in [-0.25, -0.2) is 0 Å². The Balaban J connectivity index is 4.23. The molecule has 0 fully saturated rings. The summed E-state index contributed by atoms with van der Waals surface area (Å²) in [6.07, 6.45) is 56.2. The zero-order chi connectivity index (χ0) is 32.0. The van der Waals surface area contributed by atoms with Crippen molar-refractivity contribution >= 4 is 0 Å². The van der Waals surface area contributed by atoms with Crippen molar-refractivity contribution in [2.24, 2.45) is 11.8 Å². The summed E-state index contributed by atoms with van der Waals surface area (Å²) < 4.78 is 0. The standard InChI is InChI=1S/C44H90/c1-5-9-13-17-19-21-23-25-27-29-31-35-40-44(38-33-16-12-8-4)42-36-41-43(37-32-15-11-7-3)39-34-30-28-26-24-22-20-18-14-10-6-2/h43-44H,5-42H2,1-4H3. The SMILES string of the molecule is CCCCCCCCCCCCCCC(CCCCCC)CCCC(CCCCCC)CCCCCCCCCCCCC. The molecule has 0 aromatic heterocycles. The third kappa shape index (κ3) is 34.9. The number of hydrogen-bond donors (Lipinski definition) is 0. The minimum absolute atomic E-state index is 1.03. The molecular formula is C44H90. The van der Waals surface area contributed by atoms with Crippen LogP contribution in [0.1, 0.15) is 272 Å². The van der Waals surface area contributed by atoms with Gasteiger partial charge in [-0.3, -0.25) is 0 Å². The molecule has 0 aliphatic rings. The third-order valence-corrected chi connectivity index (χ3v) is 10.8. The molecule has 0 heterocycles. The average molecular weight is 619 g/mol. The van der Waals surface area contributed by atoms with Gasteiger partial charge in [-0.05, 0) is 11.8 Å². The lowest BCUT2D eigenvalue weighted by molar-refractivity contribution is 0.326. The van der Waals surface area contributed by atoms with E-state index in [1.807, 2.05) is 0 Å². The topological polar surface area (TPSA) is 0 Å². The van der Waals surface area contributed by atoms with Crippen LogP contribution in [0.5, 0.6) is 0 Å². The summed E-state index contributed by atoms with van der Waals surface area (Å²) in [5.74, 6) is 2.05. The second-order valence-corrected chi connectivity index (χ2v) is 15.4. The molecule has 0 aliphatic heterocycles. The smallest absolute Gasteiger partial charge is 0.0414 e. The molecule has 0 rings (SSSR count). The summed E-state index contributed by atoms with van der Waals surface area (Å²) in [5.41, 5.74) is 0. The highest BCUT2D eigenvalue weighted by Gasteiger charge is 2.13. The van der Waals surface area contributed by atoms with Crippen molar-refractivity contribution in [3.05, 3.63) is 0 Å². The summed E-state index contributed by atoms with van der Waals surface area (Å²) in [6.45, 7) is 9.37. The first-order valence-corrected chi connectivity index (χ1v) is 21.8. The fraction of sp³-hybridized carbons (Fsp3) is 1.00. The Hall–Kier alpha value is 0. The van der Waals surface area contributed by atoms with Crippen LogP contribution in [-0.2, 0) is 0 Å². The van der Waals surface area contributed by atoms with E-state index in [1.54, 1.807) is 0 Å². The van der Waals surface area contributed by atoms with E-state index in [4.69, 9.17) is 0 Å². The molecule has 0 aromatic rings. The molecule has 0 amide bonds. The van der Waals surface area contributed by atoms with E-state index >= 15 is 0 Å². The summed E-state index contributed by atoms with van der Waals surface area (Å²) in [5, 5.41) is 0. The summed E-state index contributed by atoms with van der Waals surface area (Å²) in [4.78, 5) is 0. The highest BCUT2D eigenvalue weighted by molar-refractivity contribution is 4.66. The number of unbranched alkanes of at least 4 members (excludes halogenated alkanes) is 27. The fourth-order valence-corrected chi connectivity index (χ4v) is 7.65. The van der Waals surface area contributed by atoms with Gasteiger partial charge >= 0.3 is 0 Å². The van der Waals surface area contributed by atoms with E-state index in [2.05, 4.69) is 27.7 Å². The van der Waals surface area contributed by atoms with Crippen LogP contribution in [-0.4, -0.2) is 0 Å². The van der Waals surface area contributed by atoms with Gasteiger partial charge in [0.15, 0.2) is 0 Å². The predicted molar refractivity (Wildman–Crippen MR) is 205 cm³/mol. The molecule has 0 N–H and O–H groups in total. The van der Waals surface area contributed by atoms with Crippen LogP contribution < -0.4 is 0 Å². The van der Waals surface area contributed by atoms with Crippen LogP contribution in [0.4, 0.5) is 0 Å². The van der Waals surface area contributed by atoms with E-state index in [-0.39, 0.29) is 0 Å². The molecule has 0 bridgehead atoms. The first-order valence-electron chi connectivity index (χ1n) is 21.8. The molecule has 0 saturated carbocycles. The molecule has 44 heavy (non-hydrogen) atoms. The van der Waals surface area contributed by atoms with Crippen molar-refractivity contribution in [2.75, 3.05) is 0 Å². The zero-order valence-electron chi connectivity index (χ0n) is 32.0. The Labute approximate surface area is 282 Å². The number of hydrogen-bond acceptors (Lipinski definition) is 0. The average Bonchev–Trinajstić information content (AvgIpc) is 3.03. The van der Waals surface area contributed by atoms with Crippen LogP contribution >= 0.6 is 0 Å². The van der Waals surface area contributed by atoms with Crippen LogP contribution in [0, 0.1) is 11.8 Å². The second kappa shape index (κ2) is 39.2. The molecule has 0 nitrogen and oxygen atoms in total. The van der Waals surface area contributed by atoms with E-state index in [9.17, 15) is 0 Å². The Kier molecular flexibility index (Phi) is 39.2. The van der Waals surface area contributed by atoms with Crippen LogP contribution in [0.25, 0.3) is 0 Å². The highest BCUT2D eigenvalue weighted by atomic mass is 14.2. The van der Waals surface area contributed by atoms with Crippen molar-refractivity contribution in [1.82, 2.24) is 0 Å². The lowest BCUT2D eigenvalue weighted by Gasteiger charge is -2.21. The van der Waals surface area contributed by atoms with Crippen LogP contribution in [0.3, 0.4) is 0 Å². The lowest BCUT2D eigenvalue weighted by atomic mass is 9.85. The largest absolute Gasteiger partial charge is 0.0654 e. The van der Waals surface area contributed by atoms with Gasteiger partial charge in [0.25, 0.3) is 0 Å². The van der Waals surface area contributed by atoms with E-state index in [1.165, 1.54) is 244 Å². The molecule has 0 saturated heterocycles. The molecule has 0 spiro atoms.